The first-order valence-electron chi connectivity index (χ1n) is 5.66. The van der Waals surface area contributed by atoms with Crippen LogP contribution in [0, 0.1) is 0 Å². The topological polar surface area (TPSA) is 21.3 Å². The predicted octanol–water partition coefficient (Wildman–Crippen LogP) is 4.50. The van der Waals surface area contributed by atoms with E-state index in [1.807, 2.05) is 6.07 Å². The van der Waals surface area contributed by atoms with Crippen LogP contribution in [0.25, 0.3) is 0 Å². The van der Waals surface area contributed by atoms with Gasteiger partial charge in [-0.05, 0) is 48.3 Å². The lowest BCUT2D eigenvalue weighted by Gasteiger charge is -2.25. The lowest BCUT2D eigenvalue weighted by molar-refractivity contribution is 0.363. The van der Waals surface area contributed by atoms with Crippen molar-refractivity contribution in [1.82, 2.24) is 5.32 Å². The van der Waals surface area contributed by atoms with Gasteiger partial charge in [-0.15, -0.1) is 0 Å². The van der Waals surface area contributed by atoms with Crippen LogP contribution < -0.4 is 10.1 Å². The van der Waals surface area contributed by atoms with Crippen molar-refractivity contribution in [1.29, 1.82) is 0 Å². The molecule has 0 radical (unpaired) electrons. The molecule has 0 saturated carbocycles. The minimum atomic E-state index is 0.139. The van der Waals surface area contributed by atoms with Crippen LogP contribution in [0.15, 0.2) is 21.1 Å². The number of benzene rings is 1. The molecule has 0 aliphatic carbocycles. The predicted molar refractivity (Wildman–Crippen MR) is 79.6 cm³/mol. The van der Waals surface area contributed by atoms with E-state index < -0.39 is 0 Å². The quantitative estimate of drug-likeness (QED) is 0.830. The van der Waals surface area contributed by atoms with E-state index in [0.717, 1.165) is 33.2 Å². The second kappa shape index (κ2) is 6.21. The zero-order chi connectivity index (χ0) is 13.1. The second-order valence-corrected chi connectivity index (χ2v) is 6.44. The zero-order valence-electron chi connectivity index (χ0n) is 10.7. The summed E-state index contributed by atoms with van der Waals surface area (Å²) in [6.45, 7) is 7.38. The number of methoxy groups -OCH3 is 1. The van der Waals surface area contributed by atoms with E-state index in [1.54, 1.807) is 7.11 Å². The fourth-order valence-electron chi connectivity index (χ4n) is 1.43. The number of hydrogen-bond acceptors (Lipinski definition) is 2. The van der Waals surface area contributed by atoms with Crippen LogP contribution in [-0.2, 0) is 6.54 Å². The Labute approximate surface area is 120 Å². The maximum absolute atomic E-state index is 5.42. The van der Waals surface area contributed by atoms with Crippen molar-refractivity contribution >= 4 is 31.9 Å². The van der Waals surface area contributed by atoms with Gasteiger partial charge in [-0.2, -0.15) is 0 Å². The SMILES string of the molecule is CCC(C)(C)NCc1cc(Br)cc(Br)c1OC. The van der Waals surface area contributed by atoms with Crippen LogP contribution >= 0.6 is 31.9 Å². The third-order valence-electron chi connectivity index (χ3n) is 2.93. The Bertz CT molecular complexity index is 391. The minimum Gasteiger partial charge on any atom is -0.495 e. The van der Waals surface area contributed by atoms with E-state index >= 15 is 0 Å². The monoisotopic (exact) mass is 363 g/mol. The van der Waals surface area contributed by atoms with Gasteiger partial charge in [0.25, 0.3) is 0 Å². The summed E-state index contributed by atoms with van der Waals surface area (Å²) in [5, 5.41) is 3.53. The van der Waals surface area contributed by atoms with Gasteiger partial charge in [0.15, 0.2) is 0 Å². The average molecular weight is 365 g/mol. The van der Waals surface area contributed by atoms with Crippen LogP contribution in [0.4, 0.5) is 0 Å². The zero-order valence-corrected chi connectivity index (χ0v) is 13.9. The number of nitrogens with one attached hydrogen (secondary N) is 1. The maximum atomic E-state index is 5.42. The Kier molecular flexibility index (Phi) is 5.48. The van der Waals surface area contributed by atoms with Gasteiger partial charge in [0, 0.05) is 22.1 Å². The van der Waals surface area contributed by atoms with E-state index in [-0.39, 0.29) is 5.54 Å². The summed E-state index contributed by atoms with van der Waals surface area (Å²) in [6, 6.07) is 4.08. The molecule has 4 heteroatoms. The fourth-order valence-corrected chi connectivity index (χ4v) is 2.91. The highest BCUT2D eigenvalue weighted by Gasteiger charge is 2.16. The molecule has 0 aromatic heterocycles. The van der Waals surface area contributed by atoms with Crippen molar-refractivity contribution in [2.75, 3.05) is 7.11 Å². The molecule has 0 unspecified atom stereocenters. The first-order valence-corrected chi connectivity index (χ1v) is 7.25. The Hall–Kier alpha value is -0.0600. The largest absolute Gasteiger partial charge is 0.495 e. The number of rotatable bonds is 5. The minimum absolute atomic E-state index is 0.139. The van der Waals surface area contributed by atoms with Crippen molar-refractivity contribution in [3.63, 3.8) is 0 Å². The van der Waals surface area contributed by atoms with E-state index in [2.05, 4.69) is 64.0 Å². The summed E-state index contributed by atoms with van der Waals surface area (Å²) < 4.78 is 7.45. The molecule has 0 saturated heterocycles. The molecule has 1 aromatic carbocycles. The van der Waals surface area contributed by atoms with E-state index in [1.165, 1.54) is 0 Å². The van der Waals surface area contributed by atoms with Crippen molar-refractivity contribution in [2.45, 2.75) is 39.3 Å². The molecule has 1 N–H and O–H groups in total. The van der Waals surface area contributed by atoms with Crippen LogP contribution in [-0.4, -0.2) is 12.6 Å². The Morgan fingerprint density at radius 2 is 1.94 bits per heavy atom. The molecular weight excluding hydrogens is 346 g/mol. The molecule has 0 atom stereocenters. The first kappa shape index (κ1) is 15.0. The van der Waals surface area contributed by atoms with Crippen molar-refractivity contribution in [2.24, 2.45) is 0 Å². The van der Waals surface area contributed by atoms with Crippen molar-refractivity contribution < 1.29 is 4.74 Å². The fraction of sp³-hybridized carbons (Fsp3) is 0.538. The molecule has 0 heterocycles. The average Bonchev–Trinajstić information content (AvgIpc) is 2.26. The maximum Gasteiger partial charge on any atom is 0.137 e. The summed E-state index contributed by atoms with van der Waals surface area (Å²) in [4.78, 5) is 0. The molecule has 0 fully saturated rings. The molecule has 0 amide bonds. The lowest BCUT2D eigenvalue weighted by Crippen LogP contribution is -2.37. The Balaban J connectivity index is 2.90. The van der Waals surface area contributed by atoms with Crippen LogP contribution in [0.5, 0.6) is 5.75 Å². The molecule has 0 spiro atoms. The molecular formula is C13H19Br2NO. The van der Waals surface area contributed by atoms with Gasteiger partial charge in [-0.25, -0.2) is 0 Å². The standard InChI is InChI=1S/C13H19Br2NO/c1-5-13(2,3)16-8-9-6-10(14)7-11(15)12(9)17-4/h6-7,16H,5,8H2,1-4H3. The van der Waals surface area contributed by atoms with Gasteiger partial charge >= 0.3 is 0 Å². The van der Waals surface area contributed by atoms with Gasteiger partial charge in [-0.1, -0.05) is 22.9 Å². The molecule has 96 valence electrons. The molecule has 1 aromatic rings. The summed E-state index contributed by atoms with van der Waals surface area (Å²) in [7, 11) is 1.70. The van der Waals surface area contributed by atoms with Crippen molar-refractivity contribution in [3.05, 3.63) is 26.6 Å². The highest BCUT2D eigenvalue weighted by atomic mass is 79.9. The highest BCUT2D eigenvalue weighted by molar-refractivity contribution is 9.11. The Morgan fingerprint density at radius 3 is 2.47 bits per heavy atom. The number of halogens is 2. The van der Waals surface area contributed by atoms with Gasteiger partial charge in [0.05, 0.1) is 11.6 Å². The van der Waals surface area contributed by atoms with Gasteiger partial charge in [0.2, 0.25) is 0 Å². The third kappa shape index (κ3) is 4.27. The smallest absolute Gasteiger partial charge is 0.137 e. The molecule has 0 aliphatic rings. The highest BCUT2D eigenvalue weighted by Crippen LogP contribution is 2.32. The molecule has 2 nitrogen and oxygen atoms in total. The third-order valence-corrected chi connectivity index (χ3v) is 3.98. The lowest BCUT2D eigenvalue weighted by atomic mass is 10.0. The van der Waals surface area contributed by atoms with Crippen LogP contribution in [0.1, 0.15) is 32.8 Å². The summed E-state index contributed by atoms with van der Waals surface area (Å²) >= 11 is 7.01. The van der Waals surface area contributed by atoms with E-state index in [0.29, 0.717) is 0 Å². The second-order valence-electron chi connectivity index (χ2n) is 4.67. The van der Waals surface area contributed by atoms with Gasteiger partial charge in [-0.3, -0.25) is 0 Å². The molecule has 0 bridgehead atoms. The number of hydrogen-bond donors (Lipinski definition) is 1. The van der Waals surface area contributed by atoms with Crippen LogP contribution in [0.2, 0.25) is 0 Å². The van der Waals surface area contributed by atoms with Crippen LogP contribution in [0.3, 0.4) is 0 Å². The van der Waals surface area contributed by atoms with Crippen molar-refractivity contribution in [3.8, 4) is 5.75 Å². The first-order chi connectivity index (χ1) is 7.89. The summed E-state index contributed by atoms with van der Waals surface area (Å²) in [5.74, 6) is 0.896. The Morgan fingerprint density at radius 1 is 1.29 bits per heavy atom. The van der Waals surface area contributed by atoms with E-state index in [9.17, 15) is 0 Å². The summed E-state index contributed by atoms with van der Waals surface area (Å²) in [5.41, 5.74) is 1.29. The van der Waals surface area contributed by atoms with E-state index in [4.69, 9.17) is 4.74 Å². The molecule has 0 aliphatic heterocycles. The molecule has 17 heavy (non-hydrogen) atoms. The normalized spacial score (nSPS) is 11.6. The van der Waals surface area contributed by atoms with Gasteiger partial charge < -0.3 is 10.1 Å². The summed E-state index contributed by atoms with van der Waals surface area (Å²) in [6.07, 6.45) is 1.09. The van der Waals surface area contributed by atoms with Gasteiger partial charge in [0.1, 0.15) is 5.75 Å². The molecule has 1 rings (SSSR count). The number of ether oxygens (including phenoxy) is 1.